The fourth-order valence-electron chi connectivity index (χ4n) is 5.59. The maximum absolute atomic E-state index is 5.02. The Labute approximate surface area is 265 Å². The minimum absolute atomic E-state index is 0. The van der Waals surface area contributed by atoms with Crippen molar-refractivity contribution in [2.24, 2.45) is 0 Å². The minimum atomic E-state index is 0. The van der Waals surface area contributed by atoms with E-state index < -0.39 is 0 Å². The van der Waals surface area contributed by atoms with E-state index in [1.54, 1.807) is 0 Å². The summed E-state index contributed by atoms with van der Waals surface area (Å²) in [6, 6.07) is 32.2. The Balaban J connectivity index is 0.00000144. The normalized spacial score (nSPS) is 11.4. The second kappa shape index (κ2) is 10.1. The van der Waals surface area contributed by atoms with Crippen LogP contribution in [-0.4, -0.2) is 39.9 Å². The van der Waals surface area contributed by atoms with E-state index in [0.717, 1.165) is 43.8 Å². The number of hydrogen-bond acceptors (Lipinski definition) is 6. The van der Waals surface area contributed by atoms with Gasteiger partial charge in [-0.3, -0.25) is 0 Å². The number of benzene rings is 4. The number of hydrogen-bond donors (Lipinski definition) is 2. The molecule has 0 saturated heterocycles. The van der Waals surface area contributed by atoms with Gasteiger partial charge in [0.25, 0.3) is 0 Å². The van der Waals surface area contributed by atoms with Crippen molar-refractivity contribution >= 4 is 68.1 Å². The molecule has 8 bridgehead atoms. The van der Waals surface area contributed by atoms with Gasteiger partial charge in [0.15, 0.2) is 23.3 Å². The molecule has 2 aliphatic heterocycles. The molecule has 9 rings (SSSR count). The molecule has 0 amide bonds. The molecule has 0 atom stereocenters. The first-order valence-electron chi connectivity index (χ1n) is 13.0. The quantitative estimate of drug-likeness (QED) is 0.125. The third-order valence-corrected chi connectivity index (χ3v) is 7.46. The Morgan fingerprint density at radius 1 is 0.333 bits per heavy atom. The van der Waals surface area contributed by atoms with E-state index in [0.29, 0.717) is 45.9 Å². The Hall–Kier alpha value is -4.54. The number of fused-ring (bicyclic) bond motifs is 20. The minimum Gasteiger partial charge on any atom is -0.324 e. The van der Waals surface area contributed by atoms with E-state index in [4.69, 9.17) is 29.9 Å². The van der Waals surface area contributed by atoms with Gasteiger partial charge in [0.1, 0.15) is 22.6 Å². The summed E-state index contributed by atoms with van der Waals surface area (Å²) in [7, 11) is 0. The second-order valence-electron chi connectivity index (χ2n) is 9.79. The molecule has 2 aliphatic rings. The first kappa shape index (κ1) is 26.4. The van der Waals surface area contributed by atoms with Crippen LogP contribution in [0.2, 0.25) is 0 Å². The van der Waals surface area contributed by atoms with Gasteiger partial charge in [0, 0.05) is 60.3 Å². The average Bonchev–Trinajstić information content (AvgIpc) is 3.73. The zero-order valence-electron chi connectivity index (χ0n) is 21.6. The predicted octanol–water partition coefficient (Wildman–Crippen LogP) is 7.48. The SMILES string of the molecule is I.[Ni].c1ccc2c(c1)-c1nc-2nc2[nH]c(nc3nc(nc4[nH]c(n1)c1ccccc41)-c1ccccc1-3)c1ccccc21. The number of halogens is 1. The summed E-state index contributed by atoms with van der Waals surface area (Å²) in [4.78, 5) is 36.8. The fraction of sp³-hybridized carbons (Fsp3) is 0. The molecular formula is C32H19IN8Ni. The molecule has 5 heterocycles. The summed E-state index contributed by atoms with van der Waals surface area (Å²) in [5.41, 5.74) is 6.45. The first-order valence-corrected chi connectivity index (χ1v) is 13.0. The molecule has 204 valence electrons. The molecule has 0 radical (unpaired) electrons. The van der Waals surface area contributed by atoms with Gasteiger partial charge in [-0.2, -0.15) is 0 Å². The maximum atomic E-state index is 5.02. The van der Waals surface area contributed by atoms with Crippen LogP contribution >= 0.6 is 24.0 Å². The maximum Gasteiger partial charge on any atom is 0.164 e. The molecule has 7 aromatic rings. The van der Waals surface area contributed by atoms with Crippen LogP contribution < -0.4 is 0 Å². The van der Waals surface area contributed by atoms with Crippen LogP contribution in [0.15, 0.2) is 97.1 Å². The molecular weight excluding hydrogens is 682 g/mol. The summed E-state index contributed by atoms with van der Waals surface area (Å²) in [6.45, 7) is 0. The van der Waals surface area contributed by atoms with E-state index in [2.05, 4.69) is 9.97 Å². The Bertz CT molecular complexity index is 2040. The molecule has 8 nitrogen and oxygen atoms in total. The van der Waals surface area contributed by atoms with Crippen molar-refractivity contribution in [2.75, 3.05) is 0 Å². The van der Waals surface area contributed by atoms with Crippen molar-refractivity contribution in [2.45, 2.75) is 0 Å². The van der Waals surface area contributed by atoms with Gasteiger partial charge in [-0.1, -0.05) is 97.1 Å². The number of aromatic nitrogens is 8. The van der Waals surface area contributed by atoms with E-state index >= 15 is 0 Å². The zero-order chi connectivity index (χ0) is 26.2. The Morgan fingerprint density at radius 3 is 0.833 bits per heavy atom. The number of rotatable bonds is 0. The molecule has 0 unspecified atom stereocenters. The molecule has 0 aliphatic carbocycles. The topological polar surface area (TPSA) is 109 Å². The van der Waals surface area contributed by atoms with Crippen molar-refractivity contribution < 1.29 is 16.5 Å². The molecule has 3 aromatic heterocycles. The Morgan fingerprint density at radius 2 is 0.571 bits per heavy atom. The summed E-state index contributed by atoms with van der Waals surface area (Å²) < 4.78 is 0. The smallest absolute Gasteiger partial charge is 0.164 e. The summed E-state index contributed by atoms with van der Waals surface area (Å²) in [5, 5.41) is 3.82. The van der Waals surface area contributed by atoms with Gasteiger partial charge >= 0.3 is 0 Å². The van der Waals surface area contributed by atoms with Crippen LogP contribution in [0.3, 0.4) is 0 Å². The molecule has 0 spiro atoms. The summed E-state index contributed by atoms with van der Waals surface area (Å²) in [5.74, 6) is 2.39. The molecule has 42 heavy (non-hydrogen) atoms. The van der Waals surface area contributed by atoms with Gasteiger partial charge in [0.2, 0.25) is 0 Å². The third-order valence-electron chi connectivity index (χ3n) is 7.46. The predicted molar refractivity (Wildman–Crippen MR) is 171 cm³/mol. The van der Waals surface area contributed by atoms with E-state index in [-0.39, 0.29) is 40.5 Å². The van der Waals surface area contributed by atoms with Gasteiger partial charge in [-0.15, -0.1) is 24.0 Å². The van der Waals surface area contributed by atoms with Crippen molar-refractivity contribution in [3.8, 4) is 45.6 Å². The van der Waals surface area contributed by atoms with Crippen molar-refractivity contribution in [1.29, 1.82) is 0 Å². The van der Waals surface area contributed by atoms with Gasteiger partial charge in [-0.05, 0) is 0 Å². The largest absolute Gasteiger partial charge is 0.324 e. The molecule has 10 heteroatoms. The molecule has 4 aromatic carbocycles. The van der Waals surface area contributed by atoms with Gasteiger partial charge < -0.3 is 9.97 Å². The average molecular weight is 701 g/mol. The van der Waals surface area contributed by atoms with Crippen LogP contribution in [0.4, 0.5) is 0 Å². The summed E-state index contributed by atoms with van der Waals surface area (Å²) >= 11 is 0. The zero-order valence-corrected chi connectivity index (χ0v) is 25.0. The number of H-pyrrole nitrogens is 2. The third kappa shape index (κ3) is 3.93. The standard InChI is InChI=1S/C32H18N8.HI.Ni/c1-2-10-18-17(9-1)25-33-26(18)38-28-21-13-5-6-14-22(21)30(35-28)40-32-24-16-8-7-15-23(24)31(36-32)39-29-20-12-4-3-11-19(20)27(34-29)37-25;;/h1-16H,(H2,33,34,35,36,37,38,39,40);1H;. The van der Waals surface area contributed by atoms with Gasteiger partial charge in [-0.25, -0.2) is 29.9 Å². The van der Waals surface area contributed by atoms with Crippen LogP contribution in [-0.2, 0) is 16.5 Å². The van der Waals surface area contributed by atoms with Gasteiger partial charge in [0.05, 0.1) is 0 Å². The second-order valence-corrected chi connectivity index (χ2v) is 9.79. The van der Waals surface area contributed by atoms with Crippen LogP contribution in [0.25, 0.3) is 89.7 Å². The number of aromatic amines is 2. The number of nitrogens with one attached hydrogen (secondary N) is 2. The van der Waals surface area contributed by atoms with E-state index in [1.165, 1.54) is 0 Å². The van der Waals surface area contributed by atoms with Crippen LogP contribution in [0.1, 0.15) is 0 Å². The first-order chi connectivity index (χ1) is 19.8. The molecule has 2 N–H and O–H groups in total. The van der Waals surface area contributed by atoms with E-state index in [1.807, 2.05) is 97.1 Å². The van der Waals surface area contributed by atoms with Crippen molar-refractivity contribution in [3.05, 3.63) is 97.1 Å². The van der Waals surface area contributed by atoms with E-state index in [9.17, 15) is 0 Å². The Kier molecular flexibility index (Phi) is 6.33. The number of nitrogens with zero attached hydrogens (tertiary/aromatic N) is 6. The van der Waals surface area contributed by atoms with Crippen molar-refractivity contribution in [3.63, 3.8) is 0 Å². The fourth-order valence-corrected chi connectivity index (χ4v) is 5.59. The monoisotopic (exact) mass is 700 g/mol. The van der Waals surface area contributed by atoms with Crippen LogP contribution in [0, 0.1) is 0 Å². The molecule has 0 fully saturated rings. The van der Waals surface area contributed by atoms with Crippen LogP contribution in [0.5, 0.6) is 0 Å². The summed E-state index contributed by atoms with van der Waals surface area (Å²) in [6.07, 6.45) is 0. The molecule has 0 saturated carbocycles. The van der Waals surface area contributed by atoms with Crippen molar-refractivity contribution in [1.82, 2.24) is 39.9 Å².